The number of carboxylic acid groups (broad SMARTS) is 1. The number of aliphatic carboxylic acids is 1. The number of carbonyl (C=O) groups is 2. The lowest BCUT2D eigenvalue weighted by molar-refractivity contribution is -0.145. The van der Waals surface area contributed by atoms with Crippen LogP contribution in [0, 0.1) is 6.92 Å². The lowest BCUT2D eigenvalue weighted by Crippen LogP contribution is -2.50. The summed E-state index contributed by atoms with van der Waals surface area (Å²) in [6.07, 6.45) is 4.58. The summed E-state index contributed by atoms with van der Waals surface area (Å²) in [5, 5.41) is 9.15. The predicted octanol–water partition coefficient (Wildman–Crippen LogP) is 2.37. The summed E-state index contributed by atoms with van der Waals surface area (Å²) in [4.78, 5) is 30.1. The Hall–Kier alpha value is -2.17. The molecule has 2 aliphatic rings. The van der Waals surface area contributed by atoms with Gasteiger partial charge in [0.05, 0.1) is 0 Å². The molecular formula is C17H20N2O3. The number of hydrogen-bond donors (Lipinski definition) is 1. The number of benzene rings is 1. The molecule has 1 fully saturated rings. The first-order valence-corrected chi connectivity index (χ1v) is 7.72. The molecule has 0 radical (unpaired) electrons. The number of rotatable bonds is 3. The summed E-state index contributed by atoms with van der Waals surface area (Å²) in [5.41, 5.74) is 1.65. The molecule has 1 heterocycles. The molecule has 1 aliphatic heterocycles. The summed E-state index contributed by atoms with van der Waals surface area (Å²) in [7, 11) is 0. The number of amides is 1. The van der Waals surface area contributed by atoms with E-state index in [1.54, 1.807) is 0 Å². The van der Waals surface area contributed by atoms with Crippen LogP contribution in [0.5, 0.6) is 0 Å². The second-order valence-corrected chi connectivity index (χ2v) is 6.15. The number of aliphatic imine (C=N–C) groups is 1. The molecule has 1 aromatic carbocycles. The van der Waals surface area contributed by atoms with Crippen molar-refractivity contribution in [2.24, 2.45) is 4.99 Å². The molecule has 0 saturated heterocycles. The van der Waals surface area contributed by atoms with Gasteiger partial charge in [-0.3, -0.25) is 14.6 Å². The van der Waals surface area contributed by atoms with E-state index < -0.39 is 11.6 Å². The fraction of sp³-hybridized carbons (Fsp3) is 0.471. The normalized spacial score (nSPS) is 20.3. The van der Waals surface area contributed by atoms with E-state index in [2.05, 4.69) is 0 Å². The number of carbonyl (C=O) groups excluding carboxylic acids is 1. The van der Waals surface area contributed by atoms with Gasteiger partial charge >= 0.3 is 5.97 Å². The summed E-state index contributed by atoms with van der Waals surface area (Å²) >= 11 is 0. The SMILES string of the molecule is Cc1ccc(C2=NC3(CCCCC3)N(CC(=O)O)C2=O)cc1. The molecule has 0 bridgehead atoms. The van der Waals surface area contributed by atoms with Crippen molar-refractivity contribution in [1.82, 2.24) is 4.90 Å². The molecule has 1 N–H and O–H groups in total. The van der Waals surface area contributed by atoms with E-state index in [9.17, 15) is 9.59 Å². The molecule has 22 heavy (non-hydrogen) atoms. The van der Waals surface area contributed by atoms with Crippen molar-refractivity contribution in [2.75, 3.05) is 6.54 Å². The minimum Gasteiger partial charge on any atom is -0.480 e. The van der Waals surface area contributed by atoms with Gasteiger partial charge in [-0.1, -0.05) is 36.2 Å². The van der Waals surface area contributed by atoms with Crippen molar-refractivity contribution in [3.05, 3.63) is 35.4 Å². The van der Waals surface area contributed by atoms with Crippen LogP contribution in [0.25, 0.3) is 0 Å². The van der Waals surface area contributed by atoms with E-state index in [-0.39, 0.29) is 12.5 Å². The van der Waals surface area contributed by atoms with Gasteiger partial charge in [-0.05, 0) is 32.6 Å². The van der Waals surface area contributed by atoms with Gasteiger partial charge < -0.3 is 10.0 Å². The average Bonchev–Trinajstić information content (AvgIpc) is 2.74. The van der Waals surface area contributed by atoms with E-state index >= 15 is 0 Å². The number of nitrogens with zero attached hydrogens (tertiary/aromatic N) is 2. The maximum atomic E-state index is 12.7. The molecule has 1 spiro atoms. The van der Waals surface area contributed by atoms with Gasteiger partial charge in [-0.25, -0.2) is 0 Å². The summed E-state index contributed by atoms with van der Waals surface area (Å²) in [6, 6.07) is 7.65. The molecular weight excluding hydrogens is 280 g/mol. The first-order valence-electron chi connectivity index (χ1n) is 7.72. The van der Waals surface area contributed by atoms with Crippen molar-refractivity contribution >= 4 is 17.6 Å². The molecule has 0 atom stereocenters. The molecule has 0 unspecified atom stereocenters. The van der Waals surface area contributed by atoms with Crippen LogP contribution in [0.1, 0.15) is 43.2 Å². The summed E-state index contributed by atoms with van der Waals surface area (Å²) in [6.45, 7) is 1.71. The first kappa shape index (κ1) is 14.8. The van der Waals surface area contributed by atoms with Crippen LogP contribution in [0.2, 0.25) is 0 Å². The van der Waals surface area contributed by atoms with Crippen molar-refractivity contribution in [1.29, 1.82) is 0 Å². The van der Waals surface area contributed by atoms with Crippen LogP contribution in [0.3, 0.4) is 0 Å². The van der Waals surface area contributed by atoms with Gasteiger partial charge in [-0.15, -0.1) is 0 Å². The van der Waals surface area contributed by atoms with Crippen molar-refractivity contribution < 1.29 is 14.7 Å². The van der Waals surface area contributed by atoms with E-state index in [0.29, 0.717) is 5.71 Å². The van der Waals surface area contributed by atoms with Crippen molar-refractivity contribution in [3.63, 3.8) is 0 Å². The highest BCUT2D eigenvalue weighted by molar-refractivity contribution is 6.47. The third-order valence-corrected chi connectivity index (χ3v) is 4.54. The minimum absolute atomic E-state index is 0.256. The van der Waals surface area contributed by atoms with Gasteiger partial charge in [0, 0.05) is 5.56 Å². The molecule has 0 aromatic heterocycles. The molecule has 5 heteroatoms. The summed E-state index contributed by atoms with van der Waals surface area (Å²) in [5.74, 6) is -1.24. The zero-order valence-electron chi connectivity index (χ0n) is 12.7. The Kier molecular flexibility index (Phi) is 3.72. The number of carboxylic acids is 1. The fourth-order valence-electron chi connectivity index (χ4n) is 3.39. The van der Waals surface area contributed by atoms with Crippen LogP contribution in [0.4, 0.5) is 0 Å². The third kappa shape index (κ3) is 2.51. The van der Waals surface area contributed by atoms with Crippen LogP contribution in [-0.2, 0) is 9.59 Å². The topological polar surface area (TPSA) is 70.0 Å². The Labute approximate surface area is 129 Å². The maximum absolute atomic E-state index is 12.7. The summed E-state index contributed by atoms with van der Waals surface area (Å²) < 4.78 is 0. The molecule has 1 amide bonds. The smallest absolute Gasteiger partial charge is 0.323 e. The largest absolute Gasteiger partial charge is 0.480 e. The van der Waals surface area contributed by atoms with Crippen LogP contribution in [-0.4, -0.2) is 39.8 Å². The maximum Gasteiger partial charge on any atom is 0.323 e. The molecule has 116 valence electrons. The van der Waals surface area contributed by atoms with E-state index in [0.717, 1.165) is 43.2 Å². The van der Waals surface area contributed by atoms with Crippen molar-refractivity contribution in [2.45, 2.75) is 44.7 Å². The molecule has 1 aliphatic carbocycles. The van der Waals surface area contributed by atoms with Crippen LogP contribution >= 0.6 is 0 Å². The minimum atomic E-state index is -0.987. The number of aryl methyl sites for hydroxylation is 1. The van der Waals surface area contributed by atoms with Crippen molar-refractivity contribution in [3.8, 4) is 0 Å². The van der Waals surface area contributed by atoms with E-state index in [1.807, 2.05) is 31.2 Å². The standard InChI is InChI=1S/C17H20N2O3/c1-12-5-7-13(8-6-12)15-16(22)19(11-14(20)21)17(18-15)9-3-2-4-10-17/h5-8H,2-4,9-11H2,1H3,(H,20,21). The Morgan fingerprint density at radius 1 is 1.23 bits per heavy atom. The Bertz CT molecular complexity index is 628. The lowest BCUT2D eigenvalue weighted by Gasteiger charge is -2.38. The molecule has 1 saturated carbocycles. The highest BCUT2D eigenvalue weighted by atomic mass is 16.4. The lowest BCUT2D eigenvalue weighted by atomic mass is 9.88. The zero-order valence-corrected chi connectivity index (χ0v) is 12.7. The second kappa shape index (κ2) is 5.55. The predicted molar refractivity (Wildman–Crippen MR) is 82.9 cm³/mol. The Morgan fingerprint density at radius 3 is 2.45 bits per heavy atom. The second-order valence-electron chi connectivity index (χ2n) is 6.15. The van der Waals surface area contributed by atoms with E-state index in [1.165, 1.54) is 4.90 Å². The van der Waals surface area contributed by atoms with Gasteiger partial charge in [0.2, 0.25) is 0 Å². The molecule has 1 aromatic rings. The third-order valence-electron chi connectivity index (χ3n) is 4.54. The highest BCUT2D eigenvalue weighted by Crippen LogP contribution is 2.39. The van der Waals surface area contributed by atoms with Gasteiger partial charge in [-0.2, -0.15) is 0 Å². The quantitative estimate of drug-likeness (QED) is 0.931. The Morgan fingerprint density at radius 2 is 1.86 bits per heavy atom. The monoisotopic (exact) mass is 300 g/mol. The van der Waals surface area contributed by atoms with Gasteiger partial charge in [0.25, 0.3) is 5.91 Å². The van der Waals surface area contributed by atoms with Crippen LogP contribution < -0.4 is 0 Å². The van der Waals surface area contributed by atoms with Gasteiger partial charge in [0.15, 0.2) is 0 Å². The first-order chi connectivity index (χ1) is 10.5. The molecule has 5 nitrogen and oxygen atoms in total. The molecule has 3 rings (SSSR count). The Balaban J connectivity index is 1.99. The van der Waals surface area contributed by atoms with E-state index in [4.69, 9.17) is 10.1 Å². The van der Waals surface area contributed by atoms with Crippen LogP contribution in [0.15, 0.2) is 29.3 Å². The van der Waals surface area contributed by atoms with Gasteiger partial charge in [0.1, 0.15) is 17.9 Å². The number of hydrogen-bond acceptors (Lipinski definition) is 3. The average molecular weight is 300 g/mol. The fourth-order valence-corrected chi connectivity index (χ4v) is 3.39. The highest BCUT2D eigenvalue weighted by Gasteiger charge is 2.48. The zero-order chi connectivity index (χ0) is 15.7.